The molecule has 3 aromatic rings. The molecule has 0 fully saturated rings. The molecule has 0 saturated heterocycles. The minimum atomic E-state index is -0.433. The molecule has 0 bridgehead atoms. The number of amides is 1. The number of aromatic nitrogens is 2. The molecule has 0 aliphatic carbocycles. The van der Waals surface area contributed by atoms with Crippen LogP contribution >= 0.6 is 0 Å². The summed E-state index contributed by atoms with van der Waals surface area (Å²) >= 11 is 0. The van der Waals surface area contributed by atoms with Crippen LogP contribution in [0.25, 0.3) is 0 Å². The highest BCUT2D eigenvalue weighted by Crippen LogP contribution is 2.24. The molecule has 0 aliphatic heterocycles. The van der Waals surface area contributed by atoms with E-state index in [-0.39, 0.29) is 12.5 Å². The first-order valence-electron chi connectivity index (χ1n) is 10.1. The first-order chi connectivity index (χ1) is 14.4. The molecule has 30 heavy (non-hydrogen) atoms. The molecule has 156 valence electrons. The highest BCUT2D eigenvalue weighted by molar-refractivity contribution is 6.09. The second-order valence-electron chi connectivity index (χ2n) is 7.07. The summed E-state index contributed by atoms with van der Waals surface area (Å²) in [4.78, 5) is 27.3. The third-order valence-electron chi connectivity index (χ3n) is 4.86. The van der Waals surface area contributed by atoms with Crippen molar-refractivity contribution < 1.29 is 14.3 Å². The van der Waals surface area contributed by atoms with Crippen molar-refractivity contribution in [2.45, 2.75) is 34.2 Å². The Balaban J connectivity index is 1.90. The minimum Gasteiger partial charge on any atom is -0.462 e. The molecule has 3 rings (SSSR count). The summed E-state index contributed by atoms with van der Waals surface area (Å²) in [6.45, 7) is 8.92. The minimum absolute atomic E-state index is 0.163. The van der Waals surface area contributed by atoms with Gasteiger partial charge in [0.15, 0.2) is 0 Å². The predicted octanol–water partition coefficient (Wildman–Crippen LogP) is 4.39. The van der Waals surface area contributed by atoms with E-state index in [0.717, 1.165) is 17.0 Å². The largest absolute Gasteiger partial charge is 0.462 e. The van der Waals surface area contributed by atoms with E-state index in [4.69, 9.17) is 4.74 Å². The molecule has 2 aromatic carbocycles. The highest BCUT2D eigenvalue weighted by Gasteiger charge is 2.22. The topological polar surface area (TPSA) is 64.4 Å². The van der Waals surface area contributed by atoms with E-state index in [1.54, 1.807) is 36.1 Å². The summed E-state index contributed by atoms with van der Waals surface area (Å²) in [5, 5.41) is 4.50. The van der Waals surface area contributed by atoms with Gasteiger partial charge in [0.1, 0.15) is 0 Å². The molecule has 0 atom stereocenters. The fourth-order valence-corrected chi connectivity index (χ4v) is 3.48. The van der Waals surface area contributed by atoms with Gasteiger partial charge in [-0.2, -0.15) is 5.10 Å². The molecule has 1 aromatic heterocycles. The molecule has 0 saturated carbocycles. The van der Waals surface area contributed by atoms with E-state index >= 15 is 0 Å². The van der Waals surface area contributed by atoms with E-state index in [9.17, 15) is 9.59 Å². The van der Waals surface area contributed by atoms with Crippen LogP contribution in [0.3, 0.4) is 0 Å². The second kappa shape index (κ2) is 9.39. The lowest BCUT2D eigenvalue weighted by molar-refractivity contribution is 0.0527. The number of benzene rings is 2. The lowest BCUT2D eigenvalue weighted by atomic mass is 10.1. The molecule has 1 amide bonds. The number of anilines is 1. The Labute approximate surface area is 177 Å². The Hall–Kier alpha value is -3.41. The Morgan fingerprint density at radius 3 is 2.47 bits per heavy atom. The third kappa shape index (κ3) is 4.59. The summed E-state index contributed by atoms with van der Waals surface area (Å²) in [5.74, 6) is -0.595. The number of esters is 1. The van der Waals surface area contributed by atoms with Gasteiger partial charge in [0, 0.05) is 17.8 Å². The van der Waals surface area contributed by atoms with E-state index in [1.165, 1.54) is 0 Å². The van der Waals surface area contributed by atoms with E-state index in [0.29, 0.717) is 29.9 Å². The second-order valence-corrected chi connectivity index (χ2v) is 7.07. The molecular weight excluding hydrogens is 378 g/mol. The monoisotopic (exact) mass is 405 g/mol. The van der Waals surface area contributed by atoms with E-state index < -0.39 is 5.97 Å². The normalized spacial score (nSPS) is 10.7. The predicted molar refractivity (Wildman–Crippen MR) is 117 cm³/mol. The average Bonchev–Trinajstić information content (AvgIpc) is 3.05. The number of hydrogen-bond donors (Lipinski definition) is 0. The number of carbonyl (C=O) groups excluding carboxylic acids is 2. The number of para-hydroxylation sites is 1. The van der Waals surface area contributed by atoms with Gasteiger partial charge in [-0.15, -0.1) is 0 Å². The fraction of sp³-hybridized carbons (Fsp3) is 0.292. The van der Waals surface area contributed by atoms with Gasteiger partial charge >= 0.3 is 5.97 Å². The first-order valence-corrected chi connectivity index (χ1v) is 10.1. The van der Waals surface area contributed by atoms with Crippen LogP contribution in [0.15, 0.2) is 54.6 Å². The smallest absolute Gasteiger partial charge is 0.340 e. The van der Waals surface area contributed by atoms with Crippen LogP contribution in [0.1, 0.15) is 51.5 Å². The maximum Gasteiger partial charge on any atom is 0.340 e. The van der Waals surface area contributed by atoms with Crippen molar-refractivity contribution in [3.05, 3.63) is 82.7 Å². The Bertz CT molecular complexity index is 1060. The molecule has 0 radical (unpaired) electrons. The quantitative estimate of drug-likeness (QED) is 0.547. The van der Waals surface area contributed by atoms with E-state index in [1.807, 2.05) is 55.8 Å². The summed E-state index contributed by atoms with van der Waals surface area (Å²) < 4.78 is 7.08. The zero-order valence-electron chi connectivity index (χ0n) is 17.9. The third-order valence-corrected chi connectivity index (χ3v) is 4.86. The molecule has 1 heterocycles. The lowest BCUT2D eigenvalue weighted by Crippen LogP contribution is -2.32. The number of hydrogen-bond acceptors (Lipinski definition) is 4. The van der Waals surface area contributed by atoms with Crippen LogP contribution in [-0.4, -0.2) is 34.8 Å². The molecular formula is C24H27N3O3. The van der Waals surface area contributed by atoms with Crippen LogP contribution in [0.4, 0.5) is 5.69 Å². The molecule has 0 unspecified atom stereocenters. The van der Waals surface area contributed by atoms with Gasteiger partial charge in [-0.25, -0.2) is 4.79 Å². The Morgan fingerprint density at radius 1 is 1.03 bits per heavy atom. The van der Waals surface area contributed by atoms with Crippen molar-refractivity contribution in [1.29, 1.82) is 0 Å². The fourth-order valence-electron chi connectivity index (χ4n) is 3.48. The number of nitrogens with zero attached hydrogens (tertiary/aromatic N) is 3. The van der Waals surface area contributed by atoms with Crippen LogP contribution in [0.5, 0.6) is 0 Å². The molecule has 6 heteroatoms. The maximum absolute atomic E-state index is 13.3. The van der Waals surface area contributed by atoms with Crippen molar-refractivity contribution in [2.75, 3.05) is 18.1 Å². The first kappa shape index (κ1) is 21.3. The van der Waals surface area contributed by atoms with Gasteiger partial charge in [-0.1, -0.05) is 24.3 Å². The van der Waals surface area contributed by atoms with Crippen LogP contribution in [-0.2, 0) is 11.3 Å². The van der Waals surface area contributed by atoms with Crippen molar-refractivity contribution in [2.24, 2.45) is 0 Å². The van der Waals surface area contributed by atoms with Gasteiger partial charge in [0.25, 0.3) is 5.91 Å². The molecule has 0 N–H and O–H groups in total. The summed E-state index contributed by atoms with van der Waals surface area (Å²) in [5.41, 5.74) is 4.52. The highest BCUT2D eigenvalue weighted by atomic mass is 16.5. The molecule has 0 spiro atoms. The maximum atomic E-state index is 13.3. The number of aryl methyl sites for hydroxylation is 2. The van der Waals surface area contributed by atoms with Crippen LogP contribution < -0.4 is 4.90 Å². The van der Waals surface area contributed by atoms with Gasteiger partial charge in [-0.3, -0.25) is 9.48 Å². The summed E-state index contributed by atoms with van der Waals surface area (Å²) in [6, 6.07) is 16.6. The molecule has 6 nitrogen and oxygen atoms in total. The van der Waals surface area contributed by atoms with E-state index in [2.05, 4.69) is 5.10 Å². The summed E-state index contributed by atoms with van der Waals surface area (Å²) in [7, 11) is 0. The lowest BCUT2D eigenvalue weighted by Gasteiger charge is -2.23. The number of ether oxygens (including phenoxy) is 1. The van der Waals surface area contributed by atoms with Crippen LogP contribution in [0.2, 0.25) is 0 Å². The Morgan fingerprint density at radius 2 is 1.80 bits per heavy atom. The van der Waals surface area contributed by atoms with Crippen molar-refractivity contribution in [3.63, 3.8) is 0 Å². The van der Waals surface area contributed by atoms with Crippen molar-refractivity contribution in [3.8, 4) is 0 Å². The van der Waals surface area contributed by atoms with Crippen molar-refractivity contribution in [1.82, 2.24) is 9.78 Å². The number of carbonyl (C=O) groups is 2. The van der Waals surface area contributed by atoms with Gasteiger partial charge < -0.3 is 9.64 Å². The SMILES string of the molecule is CCOC(=O)c1ccccc1N(CC)C(=O)c1cccc(Cn2nc(C)cc2C)c1. The van der Waals surface area contributed by atoms with Crippen molar-refractivity contribution >= 4 is 17.6 Å². The average molecular weight is 405 g/mol. The summed E-state index contributed by atoms with van der Waals surface area (Å²) in [6.07, 6.45) is 0. The number of rotatable bonds is 7. The Kier molecular flexibility index (Phi) is 6.67. The zero-order valence-corrected chi connectivity index (χ0v) is 17.9. The standard InChI is InChI=1S/C24H27N3O3/c1-5-26(22-13-8-7-12-21(22)24(29)30-6-2)23(28)20-11-9-10-19(15-20)16-27-18(4)14-17(3)25-27/h7-15H,5-6,16H2,1-4H3. The van der Waals surface area contributed by atoms with Crippen LogP contribution in [0, 0.1) is 13.8 Å². The van der Waals surface area contributed by atoms with Gasteiger partial charge in [-0.05, 0) is 63.6 Å². The van der Waals surface area contributed by atoms with Gasteiger partial charge in [0.2, 0.25) is 0 Å². The molecule has 0 aliphatic rings. The zero-order chi connectivity index (χ0) is 21.7. The van der Waals surface area contributed by atoms with Gasteiger partial charge in [0.05, 0.1) is 30.1 Å².